The van der Waals surface area contributed by atoms with Crippen LogP contribution in [0.25, 0.3) is 10.9 Å². The third kappa shape index (κ3) is 3.97. The molecule has 7 heteroatoms. The minimum Gasteiger partial charge on any atom is -0.389 e. The molecule has 0 aliphatic carbocycles. The Hall–Kier alpha value is -2.28. The third-order valence-electron chi connectivity index (χ3n) is 3.51. The summed E-state index contributed by atoms with van der Waals surface area (Å²) in [6.45, 7) is 0.466. The van der Waals surface area contributed by atoms with E-state index in [0.717, 1.165) is 10.2 Å². The van der Waals surface area contributed by atoms with Gasteiger partial charge in [-0.25, -0.2) is 4.68 Å². The molecule has 6 nitrogen and oxygen atoms in total. The largest absolute Gasteiger partial charge is 0.389 e. The molecule has 0 unspecified atom stereocenters. The van der Waals surface area contributed by atoms with Gasteiger partial charge in [0.2, 0.25) is 0 Å². The molecule has 2 aromatic carbocycles. The molecule has 0 spiro atoms. The zero-order valence-electron chi connectivity index (χ0n) is 12.8. The first-order chi connectivity index (χ1) is 11.6. The lowest BCUT2D eigenvalue weighted by Crippen LogP contribution is -2.31. The average Bonchev–Trinajstić information content (AvgIpc) is 2.59. The van der Waals surface area contributed by atoms with Gasteiger partial charge in [0, 0.05) is 5.02 Å². The Morgan fingerprint density at radius 1 is 1.17 bits per heavy atom. The van der Waals surface area contributed by atoms with Crippen molar-refractivity contribution in [3.63, 3.8) is 0 Å². The van der Waals surface area contributed by atoms with Crippen LogP contribution in [0.5, 0.6) is 0 Å². The number of aromatic nitrogens is 3. The van der Waals surface area contributed by atoms with E-state index in [2.05, 4.69) is 10.3 Å². The minimum absolute atomic E-state index is 0.0251. The number of benzene rings is 2. The number of nitrogens with zero attached hydrogens (tertiary/aromatic N) is 3. The number of halogens is 1. The third-order valence-corrected chi connectivity index (χ3v) is 3.76. The summed E-state index contributed by atoms with van der Waals surface area (Å²) in [7, 11) is 0. The van der Waals surface area contributed by atoms with Crippen LogP contribution >= 0.6 is 11.6 Å². The molecule has 0 fully saturated rings. The Kier molecular flexibility index (Phi) is 5.20. The van der Waals surface area contributed by atoms with E-state index in [4.69, 9.17) is 16.3 Å². The predicted molar refractivity (Wildman–Crippen MR) is 90.9 cm³/mol. The molecule has 3 aromatic rings. The van der Waals surface area contributed by atoms with Gasteiger partial charge in [-0.3, -0.25) is 4.79 Å². The molecule has 0 aliphatic rings. The number of rotatable bonds is 6. The second-order valence-electron chi connectivity index (χ2n) is 5.39. The maximum absolute atomic E-state index is 12.3. The van der Waals surface area contributed by atoms with Crippen LogP contribution in [0.15, 0.2) is 53.3 Å². The average molecular weight is 346 g/mol. The zero-order valence-corrected chi connectivity index (χ0v) is 13.6. The van der Waals surface area contributed by atoms with Crippen molar-refractivity contribution in [2.24, 2.45) is 0 Å². The fourth-order valence-electron chi connectivity index (χ4n) is 2.29. The van der Waals surface area contributed by atoms with Crippen LogP contribution in [0.1, 0.15) is 5.56 Å². The van der Waals surface area contributed by atoms with Gasteiger partial charge < -0.3 is 9.84 Å². The van der Waals surface area contributed by atoms with E-state index in [1.54, 1.807) is 36.4 Å². The number of hydrogen-bond donors (Lipinski definition) is 1. The quantitative estimate of drug-likeness (QED) is 0.739. The minimum atomic E-state index is -0.856. The molecule has 3 rings (SSSR count). The highest BCUT2D eigenvalue weighted by Gasteiger charge is 2.10. The number of aliphatic hydroxyl groups excluding tert-OH is 1. The van der Waals surface area contributed by atoms with Crippen molar-refractivity contribution >= 4 is 22.5 Å². The van der Waals surface area contributed by atoms with Gasteiger partial charge in [0.15, 0.2) is 0 Å². The van der Waals surface area contributed by atoms with Crippen molar-refractivity contribution in [1.82, 2.24) is 15.0 Å². The van der Waals surface area contributed by atoms with Crippen LogP contribution < -0.4 is 5.56 Å². The van der Waals surface area contributed by atoms with Crippen LogP contribution in [0, 0.1) is 0 Å². The smallest absolute Gasteiger partial charge is 0.277 e. The first-order valence-corrected chi connectivity index (χ1v) is 7.84. The molecule has 0 amide bonds. The van der Waals surface area contributed by atoms with Gasteiger partial charge in [-0.2, -0.15) is 0 Å². The molecule has 1 atom stereocenters. The molecule has 0 aliphatic heterocycles. The molecule has 0 saturated heterocycles. The maximum atomic E-state index is 12.3. The van der Waals surface area contributed by atoms with Gasteiger partial charge in [-0.05, 0) is 29.8 Å². The normalized spacial score (nSPS) is 12.4. The van der Waals surface area contributed by atoms with E-state index >= 15 is 0 Å². The Balaban J connectivity index is 1.58. The van der Waals surface area contributed by atoms with Gasteiger partial charge in [-0.15, -0.1) is 5.10 Å². The van der Waals surface area contributed by atoms with Crippen LogP contribution in [-0.4, -0.2) is 32.8 Å². The Bertz CT molecular complexity index is 880. The van der Waals surface area contributed by atoms with Crippen LogP contribution in [0.4, 0.5) is 0 Å². The molecule has 0 saturated carbocycles. The number of aliphatic hydroxyl groups is 1. The SMILES string of the molecule is O=c1c2ccccc2nnn1C[C@H](O)COCc1ccc(Cl)cc1. The summed E-state index contributed by atoms with van der Waals surface area (Å²) in [6.07, 6.45) is -0.856. The summed E-state index contributed by atoms with van der Waals surface area (Å²) in [5.41, 5.74) is 1.21. The molecule has 1 heterocycles. The van der Waals surface area contributed by atoms with E-state index in [0.29, 0.717) is 22.5 Å². The molecule has 0 radical (unpaired) electrons. The lowest BCUT2D eigenvalue weighted by Gasteiger charge is -2.12. The summed E-state index contributed by atoms with van der Waals surface area (Å²) < 4.78 is 6.62. The van der Waals surface area contributed by atoms with E-state index in [9.17, 15) is 9.90 Å². The monoisotopic (exact) mass is 345 g/mol. The van der Waals surface area contributed by atoms with E-state index < -0.39 is 6.10 Å². The highest BCUT2D eigenvalue weighted by molar-refractivity contribution is 6.30. The number of hydrogen-bond acceptors (Lipinski definition) is 5. The summed E-state index contributed by atoms with van der Waals surface area (Å²) in [6, 6.07) is 14.2. The molecule has 1 N–H and O–H groups in total. The van der Waals surface area contributed by atoms with Gasteiger partial charge in [-0.1, -0.05) is 41.1 Å². The lowest BCUT2D eigenvalue weighted by molar-refractivity contribution is 0.0177. The Labute approximate surface area is 143 Å². The Morgan fingerprint density at radius 2 is 1.92 bits per heavy atom. The summed E-state index contributed by atoms with van der Waals surface area (Å²) in [5.74, 6) is 0. The van der Waals surface area contributed by atoms with Crippen LogP contribution in [-0.2, 0) is 17.9 Å². The molecular weight excluding hydrogens is 330 g/mol. The van der Waals surface area contributed by atoms with Gasteiger partial charge in [0.25, 0.3) is 5.56 Å². The van der Waals surface area contributed by atoms with Crippen LogP contribution in [0.2, 0.25) is 5.02 Å². The van der Waals surface area contributed by atoms with E-state index in [1.165, 1.54) is 0 Å². The summed E-state index contributed by atoms with van der Waals surface area (Å²) >= 11 is 5.82. The van der Waals surface area contributed by atoms with Gasteiger partial charge in [0.1, 0.15) is 5.52 Å². The number of ether oxygens (including phenoxy) is 1. The molecule has 24 heavy (non-hydrogen) atoms. The highest BCUT2D eigenvalue weighted by Crippen LogP contribution is 2.10. The maximum Gasteiger partial charge on any atom is 0.277 e. The van der Waals surface area contributed by atoms with Crippen molar-refractivity contribution in [2.75, 3.05) is 6.61 Å². The molecule has 0 bridgehead atoms. The second kappa shape index (κ2) is 7.53. The first kappa shape index (κ1) is 16.6. The Morgan fingerprint density at radius 3 is 2.71 bits per heavy atom. The van der Waals surface area contributed by atoms with Gasteiger partial charge >= 0.3 is 0 Å². The molecule has 124 valence electrons. The topological polar surface area (TPSA) is 77.2 Å². The fraction of sp³-hybridized carbons (Fsp3) is 0.235. The highest BCUT2D eigenvalue weighted by atomic mass is 35.5. The van der Waals surface area contributed by atoms with Crippen molar-refractivity contribution in [3.05, 3.63) is 69.5 Å². The fourth-order valence-corrected chi connectivity index (χ4v) is 2.41. The lowest BCUT2D eigenvalue weighted by atomic mass is 10.2. The summed E-state index contributed by atoms with van der Waals surface area (Å²) in [5, 5.41) is 19.0. The molecular formula is C17H16ClN3O3. The molecule has 1 aromatic heterocycles. The van der Waals surface area contributed by atoms with E-state index in [1.807, 2.05) is 12.1 Å². The van der Waals surface area contributed by atoms with Crippen molar-refractivity contribution in [2.45, 2.75) is 19.3 Å². The number of fused-ring (bicyclic) bond motifs is 1. The standard InChI is InChI=1S/C17H16ClN3O3/c18-13-7-5-12(6-8-13)10-24-11-14(22)9-21-17(23)15-3-1-2-4-16(15)19-20-21/h1-8,14,22H,9-11H2/t14-/m0/s1. The van der Waals surface area contributed by atoms with Crippen molar-refractivity contribution < 1.29 is 9.84 Å². The van der Waals surface area contributed by atoms with Crippen molar-refractivity contribution in [1.29, 1.82) is 0 Å². The van der Waals surface area contributed by atoms with Gasteiger partial charge in [0.05, 0.1) is 31.2 Å². The van der Waals surface area contributed by atoms with E-state index in [-0.39, 0.29) is 18.7 Å². The summed E-state index contributed by atoms with van der Waals surface area (Å²) in [4.78, 5) is 12.3. The van der Waals surface area contributed by atoms with Crippen LogP contribution in [0.3, 0.4) is 0 Å². The zero-order chi connectivity index (χ0) is 16.9. The first-order valence-electron chi connectivity index (χ1n) is 7.46. The predicted octanol–water partition coefficient (Wildman–Crippen LogP) is 2.02. The second-order valence-corrected chi connectivity index (χ2v) is 5.83. The van der Waals surface area contributed by atoms with Crippen molar-refractivity contribution in [3.8, 4) is 0 Å².